The number of carboxylic acid groups (broad SMARTS) is 1. The van der Waals surface area contributed by atoms with Crippen LogP contribution in [0.5, 0.6) is 0 Å². The molecule has 5 N–H and O–H groups in total. The maximum atomic E-state index is 13.5. The molecule has 3 amide bonds. The number of anilines is 3. The Balaban J connectivity index is 1.57. The van der Waals surface area contributed by atoms with E-state index in [2.05, 4.69) is 11.4 Å². The molecule has 1 aliphatic rings. The van der Waals surface area contributed by atoms with Crippen molar-refractivity contribution in [3.8, 4) is 0 Å². The summed E-state index contributed by atoms with van der Waals surface area (Å²) in [4.78, 5) is 37.6. The molecule has 0 saturated heterocycles. The van der Waals surface area contributed by atoms with Gasteiger partial charge in [0, 0.05) is 22.6 Å². The molecule has 0 unspecified atom stereocenters. The van der Waals surface area contributed by atoms with Gasteiger partial charge in [-0.25, -0.2) is 9.59 Å². The summed E-state index contributed by atoms with van der Waals surface area (Å²) in [5, 5.41) is 12.9. The van der Waals surface area contributed by atoms with Crippen LogP contribution in [0, 0.1) is 0 Å². The number of rotatable bonds is 9. The topological polar surface area (TPSA) is 125 Å². The van der Waals surface area contributed by atoms with Gasteiger partial charge in [0.15, 0.2) is 0 Å². The predicted molar refractivity (Wildman–Crippen MR) is 155 cm³/mol. The number of hydrogen-bond acceptors (Lipinski definition) is 4. The second-order valence-corrected chi connectivity index (χ2v) is 10.3. The van der Waals surface area contributed by atoms with Crippen molar-refractivity contribution < 1.29 is 41.4 Å². The highest BCUT2D eigenvalue weighted by atomic mass is 19.4. The van der Waals surface area contributed by atoms with Gasteiger partial charge in [-0.3, -0.25) is 9.69 Å². The van der Waals surface area contributed by atoms with Crippen LogP contribution >= 0.6 is 0 Å². The molecule has 0 bridgehead atoms. The second-order valence-electron chi connectivity index (χ2n) is 10.3. The Labute approximate surface area is 249 Å². The zero-order valence-corrected chi connectivity index (χ0v) is 23.3. The van der Waals surface area contributed by atoms with Gasteiger partial charge in [0.05, 0.1) is 18.7 Å². The molecule has 13 heteroatoms. The Morgan fingerprint density at radius 1 is 0.909 bits per heavy atom. The highest BCUT2D eigenvalue weighted by Gasteiger charge is 2.39. The summed E-state index contributed by atoms with van der Waals surface area (Å²) >= 11 is 0. The van der Waals surface area contributed by atoms with E-state index in [1.165, 1.54) is 40.8 Å². The van der Waals surface area contributed by atoms with Crippen LogP contribution in [0.25, 0.3) is 5.57 Å². The zero-order chi connectivity index (χ0) is 32.1. The maximum absolute atomic E-state index is 13.5. The number of carbonyl (C=O) groups is 3. The Hall–Kier alpha value is -4.94. The van der Waals surface area contributed by atoms with Crippen LogP contribution in [0.4, 0.5) is 43.8 Å². The van der Waals surface area contributed by atoms with Gasteiger partial charge in [0.2, 0.25) is 0 Å². The predicted octanol–water partition coefficient (Wildman–Crippen LogP) is 6.93. The molecule has 3 aromatic rings. The number of nitrogens with two attached hydrogens (primary N) is 1. The summed E-state index contributed by atoms with van der Waals surface area (Å²) in [6.07, 6.45) is 1.57. The molecule has 8 nitrogen and oxygen atoms in total. The minimum atomic E-state index is -4.68. The number of hydrogen-bond donors (Lipinski definition) is 4. The Kier molecular flexibility index (Phi) is 9.56. The Bertz CT molecular complexity index is 1550. The molecule has 0 atom stereocenters. The number of nitrogens with one attached hydrogen (secondary N) is 2. The largest absolute Gasteiger partial charge is 0.477 e. The van der Waals surface area contributed by atoms with Gasteiger partial charge in [-0.2, -0.15) is 22.0 Å². The monoisotopic (exact) mass is 616 g/mol. The fraction of sp³-hybridized carbons (Fsp3) is 0.258. The molecule has 0 heterocycles. The fourth-order valence-corrected chi connectivity index (χ4v) is 4.63. The van der Waals surface area contributed by atoms with Crippen molar-refractivity contribution in [3.63, 3.8) is 0 Å². The number of benzene rings is 3. The van der Waals surface area contributed by atoms with Gasteiger partial charge >= 0.3 is 24.1 Å². The van der Waals surface area contributed by atoms with Crippen molar-refractivity contribution in [1.29, 1.82) is 0 Å². The number of nitrogen functional groups attached to an aromatic ring is 1. The summed E-state index contributed by atoms with van der Waals surface area (Å²) in [6.45, 7) is -1.48. The minimum Gasteiger partial charge on any atom is -0.477 e. The van der Waals surface area contributed by atoms with Gasteiger partial charge in [-0.15, -0.1) is 0 Å². The third-order valence-electron chi connectivity index (χ3n) is 6.96. The highest BCUT2D eigenvalue weighted by Crippen LogP contribution is 2.33. The summed E-state index contributed by atoms with van der Waals surface area (Å²) in [5.41, 5.74) is 7.34. The molecule has 0 spiro atoms. The molecule has 0 radical (unpaired) electrons. The van der Waals surface area contributed by atoms with Crippen molar-refractivity contribution in [2.75, 3.05) is 22.5 Å². The van der Waals surface area contributed by atoms with Crippen molar-refractivity contribution in [1.82, 2.24) is 5.32 Å². The molecule has 232 valence electrons. The van der Waals surface area contributed by atoms with Crippen molar-refractivity contribution in [2.45, 2.75) is 44.3 Å². The molecule has 3 aromatic carbocycles. The smallest absolute Gasteiger partial charge is 0.416 e. The molecule has 0 saturated carbocycles. The number of aliphatic carboxylic acids is 1. The van der Waals surface area contributed by atoms with Crippen LogP contribution in [0.15, 0.2) is 72.8 Å². The van der Waals surface area contributed by atoms with Gasteiger partial charge in [-0.05, 0) is 84.8 Å². The molecule has 0 fully saturated rings. The zero-order valence-electron chi connectivity index (χ0n) is 23.3. The molecular weight excluding hydrogens is 587 g/mol. The van der Waals surface area contributed by atoms with E-state index < -0.39 is 42.1 Å². The molecule has 44 heavy (non-hydrogen) atoms. The Morgan fingerprint density at radius 3 is 2.18 bits per heavy atom. The SMILES string of the molecule is Nc1cc(NC(=O)N(Cc2ccc(C(=O)NCC(F)(F)C(=O)O)cc2)c2ccc(C3=CCCCC3)cc2)cc(C(F)(F)F)c1. The number of halogens is 5. The first-order valence-corrected chi connectivity index (χ1v) is 13.6. The van der Waals surface area contributed by atoms with Crippen LogP contribution in [0.2, 0.25) is 0 Å². The number of alkyl halides is 5. The van der Waals surface area contributed by atoms with Gasteiger partial charge in [0.25, 0.3) is 5.91 Å². The normalized spacial score (nSPS) is 13.5. The van der Waals surface area contributed by atoms with E-state index in [1.54, 1.807) is 12.1 Å². The molecular formula is C31H29F5N4O4. The van der Waals surface area contributed by atoms with E-state index in [4.69, 9.17) is 10.8 Å². The van der Waals surface area contributed by atoms with Crippen LogP contribution in [0.1, 0.15) is 52.7 Å². The molecule has 1 aliphatic carbocycles. The molecule has 0 aromatic heterocycles. The third kappa shape index (κ3) is 8.12. The van der Waals surface area contributed by atoms with E-state index in [9.17, 15) is 36.3 Å². The summed E-state index contributed by atoms with van der Waals surface area (Å²) in [6, 6.07) is 14.7. The van der Waals surface area contributed by atoms with E-state index in [-0.39, 0.29) is 23.5 Å². The second kappa shape index (κ2) is 13.1. The fourth-order valence-electron chi connectivity index (χ4n) is 4.63. The lowest BCUT2D eigenvalue weighted by molar-refractivity contribution is -0.163. The first-order valence-electron chi connectivity index (χ1n) is 13.6. The minimum absolute atomic E-state index is 0.0320. The van der Waals surface area contributed by atoms with Gasteiger partial charge in [-0.1, -0.05) is 30.3 Å². The van der Waals surface area contributed by atoms with E-state index in [0.29, 0.717) is 11.3 Å². The molecule has 4 rings (SSSR count). The summed E-state index contributed by atoms with van der Waals surface area (Å²) in [7, 11) is 0. The number of amides is 3. The van der Waals surface area contributed by atoms with E-state index in [1.807, 2.05) is 17.4 Å². The van der Waals surface area contributed by atoms with Gasteiger partial charge in [0.1, 0.15) is 0 Å². The molecule has 0 aliphatic heterocycles. The van der Waals surface area contributed by atoms with Gasteiger partial charge < -0.3 is 21.5 Å². The summed E-state index contributed by atoms with van der Waals surface area (Å²) < 4.78 is 66.7. The highest BCUT2D eigenvalue weighted by molar-refractivity contribution is 6.02. The van der Waals surface area contributed by atoms with E-state index >= 15 is 0 Å². The van der Waals surface area contributed by atoms with Crippen LogP contribution in [-0.4, -0.2) is 35.5 Å². The lowest BCUT2D eigenvalue weighted by Crippen LogP contribution is -2.42. The third-order valence-corrected chi connectivity index (χ3v) is 6.96. The average molecular weight is 617 g/mol. The Morgan fingerprint density at radius 2 is 1.59 bits per heavy atom. The number of urea groups is 1. The first kappa shape index (κ1) is 32.0. The van der Waals surface area contributed by atoms with E-state index in [0.717, 1.165) is 43.4 Å². The van der Waals surface area contributed by atoms with Crippen molar-refractivity contribution in [2.24, 2.45) is 0 Å². The van der Waals surface area contributed by atoms with Crippen LogP contribution < -0.4 is 21.3 Å². The van der Waals surface area contributed by atoms with Crippen LogP contribution in [-0.2, 0) is 17.5 Å². The maximum Gasteiger partial charge on any atom is 0.416 e. The lowest BCUT2D eigenvalue weighted by atomic mass is 9.93. The number of carbonyl (C=O) groups excluding carboxylic acids is 2. The van der Waals surface area contributed by atoms with Crippen molar-refractivity contribution in [3.05, 3.63) is 95.1 Å². The number of allylic oxidation sites excluding steroid dienone is 2. The lowest BCUT2D eigenvalue weighted by Gasteiger charge is -2.24. The average Bonchev–Trinajstić information content (AvgIpc) is 2.98. The quantitative estimate of drug-likeness (QED) is 0.153. The number of carboxylic acids is 1. The van der Waals surface area contributed by atoms with Crippen LogP contribution in [0.3, 0.4) is 0 Å². The first-order chi connectivity index (χ1) is 20.7. The standard InChI is InChI=1S/C31H29F5N4O4/c32-30(33,28(42)43)18-38-27(41)22-8-6-19(7-9-22)17-40(26-12-10-21(11-13-26)20-4-2-1-3-5-20)29(44)39-25-15-23(31(34,35)36)14-24(37)16-25/h4,6-16H,1-3,5,17-18,37H2,(H,38,41)(H,39,44)(H,42,43). The van der Waals surface area contributed by atoms with Crippen molar-refractivity contribution >= 4 is 40.5 Å². The summed E-state index contributed by atoms with van der Waals surface area (Å²) in [5.74, 6) is -7.44. The number of nitrogens with zero attached hydrogens (tertiary/aromatic N) is 1.